The van der Waals surface area contributed by atoms with E-state index in [9.17, 15) is 14.4 Å². The molecule has 1 aliphatic rings. The minimum atomic E-state index is -4.85. The van der Waals surface area contributed by atoms with Crippen molar-refractivity contribution in [3.8, 4) is 0 Å². The molecule has 6 nitrogen and oxygen atoms in total. The van der Waals surface area contributed by atoms with E-state index in [2.05, 4.69) is 0 Å². The van der Waals surface area contributed by atoms with Gasteiger partial charge in [-0.15, -0.1) is 0 Å². The number of hydrogen-bond donors (Lipinski definition) is 2. The summed E-state index contributed by atoms with van der Waals surface area (Å²) in [5.74, 6) is -0.877. The van der Waals surface area contributed by atoms with Gasteiger partial charge in [-0.2, -0.15) is 0 Å². The largest absolute Gasteiger partial charge is 0.470 e. The predicted octanol–water partition coefficient (Wildman–Crippen LogP) is 3.19. The Morgan fingerprint density at radius 2 is 1.52 bits per heavy atom. The van der Waals surface area contributed by atoms with Gasteiger partial charge in [-0.3, -0.25) is 4.52 Å². The first-order valence-electron chi connectivity index (χ1n) is 7.92. The van der Waals surface area contributed by atoms with E-state index in [-0.39, 0.29) is 6.61 Å². The van der Waals surface area contributed by atoms with Crippen molar-refractivity contribution >= 4 is 7.82 Å². The summed E-state index contributed by atoms with van der Waals surface area (Å²) in [4.78, 5) is 19.3. The molecule has 1 aliphatic heterocycles. The van der Waals surface area contributed by atoms with Crippen LogP contribution in [-0.4, -0.2) is 28.3 Å². The highest BCUT2D eigenvalue weighted by Gasteiger charge is 2.53. The van der Waals surface area contributed by atoms with E-state index in [0.29, 0.717) is 11.1 Å². The van der Waals surface area contributed by atoms with Gasteiger partial charge >= 0.3 is 7.82 Å². The summed E-state index contributed by atoms with van der Waals surface area (Å²) < 4.78 is 29.0. The lowest BCUT2D eigenvalue weighted by atomic mass is 9.82. The van der Waals surface area contributed by atoms with Crippen LogP contribution >= 0.6 is 7.82 Å². The maximum Gasteiger partial charge on any atom is 0.470 e. The molecule has 2 aromatic carbocycles. The monoisotopic (exact) mass is 364 g/mol. The Labute approximate surface area is 146 Å². The van der Waals surface area contributed by atoms with Crippen LogP contribution in [0.1, 0.15) is 25.0 Å². The molecule has 3 rings (SSSR count). The maximum absolute atomic E-state index is 11.9. The van der Waals surface area contributed by atoms with Crippen molar-refractivity contribution in [1.82, 2.24) is 0 Å². The van der Waals surface area contributed by atoms with E-state index in [0.717, 1.165) is 0 Å². The van der Waals surface area contributed by atoms with Gasteiger partial charge in [-0.25, -0.2) is 4.57 Å². The Balaban J connectivity index is 2.22. The van der Waals surface area contributed by atoms with E-state index >= 15 is 0 Å². The van der Waals surface area contributed by atoms with Crippen LogP contribution < -0.4 is 0 Å². The Hall–Kier alpha value is -1.53. The molecule has 1 atom stereocenters. The van der Waals surface area contributed by atoms with Gasteiger partial charge in [0.15, 0.2) is 11.4 Å². The van der Waals surface area contributed by atoms with Gasteiger partial charge in [0.05, 0.1) is 6.61 Å². The molecule has 0 saturated carbocycles. The highest BCUT2D eigenvalue weighted by Crippen LogP contribution is 2.52. The molecule has 1 heterocycles. The van der Waals surface area contributed by atoms with Crippen LogP contribution in [0, 0.1) is 0 Å². The molecule has 25 heavy (non-hydrogen) atoms. The van der Waals surface area contributed by atoms with Gasteiger partial charge < -0.3 is 19.3 Å². The van der Waals surface area contributed by atoms with Crippen LogP contribution in [-0.2, 0) is 24.2 Å². The highest BCUT2D eigenvalue weighted by molar-refractivity contribution is 7.46. The van der Waals surface area contributed by atoms with Crippen molar-refractivity contribution in [3.05, 3.63) is 71.8 Å². The third kappa shape index (κ3) is 3.85. The summed E-state index contributed by atoms with van der Waals surface area (Å²) in [5, 5.41) is 0. The van der Waals surface area contributed by atoms with Crippen molar-refractivity contribution in [1.29, 1.82) is 0 Å². The molecule has 0 aliphatic carbocycles. The lowest BCUT2D eigenvalue weighted by Gasteiger charge is -2.38. The number of phosphoric ester groups is 1. The van der Waals surface area contributed by atoms with Crippen molar-refractivity contribution in [2.45, 2.75) is 31.3 Å². The van der Waals surface area contributed by atoms with Crippen molar-refractivity contribution < 1.29 is 28.3 Å². The molecular formula is C18H21O6P. The maximum atomic E-state index is 11.9. The minimum Gasteiger partial charge on any atom is -0.348 e. The zero-order chi connectivity index (χ0) is 18.1. The molecule has 2 N–H and O–H groups in total. The summed E-state index contributed by atoms with van der Waals surface area (Å²) in [6, 6.07) is 17.9. The van der Waals surface area contributed by atoms with Gasteiger partial charge in [-0.1, -0.05) is 60.7 Å². The zero-order valence-electron chi connectivity index (χ0n) is 14.0. The van der Waals surface area contributed by atoms with Crippen LogP contribution in [0.4, 0.5) is 0 Å². The van der Waals surface area contributed by atoms with Crippen LogP contribution in [0.5, 0.6) is 0 Å². The SMILES string of the molecule is CC1(C)OCC(C(OP(=O)(O)O)(c2ccccc2)c2ccccc2)O1. The average molecular weight is 364 g/mol. The Morgan fingerprint density at radius 1 is 1.04 bits per heavy atom. The Bertz CT molecular complexity index is 716. The molecule has 1 unspecified atom stereocenters. The molecule has 0 aromatic heterocycles. The molecule has 0 amide bonds. The van der Waals surface area contributed by atoms with Crippen LogP contribution in [0.3, 0.4) is 0 Å². The molecule has 134 valence electrons. The number of rotatable bonds is 5. The van der Waals surface area contributed by atoms with Crippen LogP contribution in [0.15, 0.2) is 60.7 Å². The van der Waals surface area contributed by atoms with Gasteiger partial charge in [0.2, 0.25) is 0 Å². The summed E-state index contributed by atoms with van der Waals surface area (Å²) in [6.45, 7) is 3.65. The third-order valence-electron chi connectivity index (χ3n) is 4.13. The van der Waals surface area contributed by atoms with Crippen molar-refractivity contribution in [3.63, 3.8) is 0 Å². The fourth-order valence-electron chi connectivity index (χ4n) is 3.15. The third-order valence-corrected chi connectivity index (χ3v) is 4.66. The number of benzene rings is 2. The Morgan fingerprint density at radius 3 is 1.88 bits per heavy atom. The molecule has 0 bridgehead atoms. The average Bonchev–Trinajstić information content (AvgIpc) is 2.94. The van der Waals surface area contributed by atoms with E-state index in [4.69, 9.17) is 14.0 Å². The topological polar surface area (TPSA) is 85.2 Å². The zero-order valence-corrected chi connectivity index (χ0v) is 14.9. The number of phosphoric acid groups is 1. The van der Waals surface area contributed by atoms with E-state index in [1.54, 1.807) is 62.4 Å². The first-order chi connectivity index (χ1) is 11.7. The van der Waals surface area contributed by atoms with E-state index in [1.807, 2.05) is 12.1 Å². The quantitative estimate of drug-likeness (QED) is 0.793. The fraction of sp³-hybridized carbons (Fsp3) is 0.333. The van der Waals surface area contributed by atoms with E-state index < -0.39 is 25.3 Å². The summed E-state index contributed by atoms with van der Waals surface area (Å²) >= 11 is 0. The summed E-state index contributed by atoms with van der Waals surface area (Å²) in [6.07, 6.45) is -0.736. The van der Waals surface area contributed by atoms with Crippen LogP contribution in [0.2, 0.25) is 0 Å². The molecule has 0 radical (unpaired) electrons. The first-order valence-corrected chi connectivity index (χ1v) is 9.45. The molecule has 2 aromatic rings. The molecular weight excluding hydrogens is 343 g/mol. The van der Waals surface area contributed by atoms with Gasteiger partial charge in [0, 0.05) is 0 Å². The predicted molar refractivity (Wildman–Crippen MR) is 91.7 cm³/mol. The first kappa shape index (κ1) is 18.3. The van der Waals surface area contributed by atoms with Crippen LogP contribution in [0.25, 0.3) is 0 Å². The summed E-state index contributed by atoms with van der Waals surface area (Å²) in [5.41, 5.74) is -0.346. The lowest BCUT2D eigenvalue weighted by Crippen LogP contribution is -2.45. The van der Waals surface area contributed by atoms with Crippen molar-refractivity contribution in [2.75, 3.05) is 6.61 Å². The molecule has 0 spiro atoms. The van der Waals surface area contributed by atoms with Gasteiger partial charge in [0.1, 0.15) is 6.10 Å². The minimum absolute atomic E-state index is 0.136. The Kier molecular flexibility index (Phi) is 4.86. The van der Waals surface area contributed by atoms with Gasteiger partial charge in [0.25, 0.3) is 0 Å². The normalized spacial score (nSPS) is 20.6. The molecule has 1 saturated heterocycles. The number of ether oxygens (including phenoxy) is 2. The highest BCUT2D eigenvalue weighted by atomic mass is 31.2. The second kappa shape index (κ2) is 6.65. The van der Waals surface area contributed by atoms with E-state index in [1.165, 1.54) is 0 Å². The molecule has 1 fully saturated rings. The molecule has 7 heteroatoms. The second-order valence-electron chi connectivity index (χ2n) is 6.37. The second-order valence-corrected chi connectivity index (χ2v) is 7.53. The summed E-state index contributed by atoms with van der Waals surface area (Å²) in [7, 11) is -4.85. The van der Waals surface area contributed by atoms with Crippen molar-refractivity contribution in [2.24, 2.45) is 0 Å². The van der Waals surface area contributed by atoms with Gasteiger partial charge in [-0.05, 0) is 25.0 Å². The fourth-order valence-corrected chi connectivity index (χ4v) is 3.85. The smallest absolute Gasteiger partial charge is 0.348 e. The lowest BCUT2D eigenvalue weighted by molar-refractivity contribution is -0.162. The number of hydrogen-bond acceptors (Lipinski definition) is 4. The standard InChI is InChI=1S/C18H21O6P/c1-17(2)22-13-16(23-17)18(24-25(19,20)21,14-9-5-3-6-10-14)15-11-7-4-8-12-15/h3-12,16H,13H2,1-2H3,(H2,19,20,21).